The molecule has 2 aliphatic heterocycles. The van der Waals surface area contributed by atoms with E-state index < -0.39 is 0 Å². The second kappa shape index (κ2) is 6.52. The van der Waals surface area contributed by atoms with Gasteiger partial charge in [0.15, 0.2) is 0 Å². The predicted octanol–water partition coefficient (Wildman–Crippen LogP) is 1.75. The van der Waals surface area contributed by atoms with Crippen molar-refractivity contribution in [3.8, 4) is 0 Å². The van der Waals surface area contributed by atoms with Gasteiger partial charge in [0.05, 0.1) is 5.01 Å². The Kier molecular flexibility index (Phi) is 4.71. The van der Waals surface area contributed by atoms with Gasteiger partial charge in [-0.05, 0) is 6.42 Å². The van der Waals surface area contributed by atoms with Crippen LogP contribution in [0.4, 0.5) is 0 Å². The van der Waals surface area contributed by atoms with Gasteiger partial charge in [0.2, 0.25) is 0 Å². The van der Waals surface area contributed by atoms with Crippen LogP contribution in [-0.4, -0.2) is 60.1 Å². The highest BCUT2D eigenvalue weighted by atomic mass is 32.1. The van der Waals surface area contributed by atoms with E-state index in [9.17, 15) is 0 Å². The Balaban J connectivity index is 1.51. The summed E-state index contributed by atoms with van der Waals surface area (Å²) in [6.07, 6.45) is 3.41. The second-order valence-corrected chi connectivity index (χ2v) is 7.43. The molecular weight excluding hydrogens is 268 g/mol. The Labute approximate surface area is 126 Å². The summed E-state index contributed by atoms with van der Waals surface area (Å²) in [5.41, 5.74) is 0. The number of piperazine rings is 1. The van der Waals surface area contributed by atoms with Crippen LogP contribution < -0.4 is 5.32 Å². The fraction of sp³-hybridized carbons (Fsp3) is 0.800. The normalized spacial score (nSPS) is 25.6. The highest BCUT2D eigenvalue weighted by Gasteiger charge is 2.28. The molecule has 5 heteroatoms. The summed E-state index contributed by atoms with van der Waals surface area (Å²) in [5, 5.41) is 4.72. The average molecular weight is 294 g/mol. The third-order valence-corrected chi connectivity index (χ3v) is 5.64. The summed E-state index contributed by atoms with van der Waals surface area (Å²) < 4.78 is 0. The number of hydrogen-bond donors (Lipinski definition) is 1. The van der Waals surface area contributed by atoms with Crippen LogP contribution >= 0.6 is 11.3 Å². The first-order valence-electron chi connectivity index (χ1n) is 7.84. The van der Waals surface area contributed by atoms with Crippen molar-refractivity contribution in [1.82, 2.24) is 20.1 Å². The Hall–Kier alpha value is -0.490. The van der Waals surface area contributed by atoms with Crippen LogP contribution in [0.25, 0.3) is 0 Å². The molecule has 0 aliphatic carbocycles. The largest absolute Gasteiger partial charge is 0.314 e. The molecule has 1 aromatic rings. The molecule has 1 atom stereocenters. The number of thiazole rings is 1. The molecule has 1 N–H and O–H groups in total. The number of aromatic nitrogens is 1. The van der Waals surface area contributed by atoms with E-state index >= 15 is 0 Å². The first-order valence-corrected chi connectivity index (χ1v) is 8.66. The topological polar surface area (TPSA) is 31.4 Å². The Bertz CT molecular complexity index is 425. The zero-order valence-corrected chi connectivity index (χ0v) is 13.5. The highest BCUT2D eigenvalue weighted by molar-refractivity contribution is 7.11. The van der Waals surface area contributed by atoms with Crippen molar-refractivity contribution in [1.29, 1.82) is 0 Å². The zero-order chi connectivity index (χ0) is 13.9. The molecule has 2 fully saturated rings. The van der Waals surface area contributed by atoms with Crippen LogP contribution in [0, 0.1) is 0 Å². The van der Waals surface area contributed by atoms with Gasteiger partial charge in [-0.3, -0.25) is 9.80 Å². The van der Waals surface area contributed by atoms with Gasteiger partial charge in [0, 0.05) is 68.8 Å². The van der Waals surface area contributed by atoms with Crippen LogP contribution in [0.15, 0.2) is 6.20 Å². The molecular formula is C15H26N4S. The third-order valence-electron chi connectivity index (χ3n) is 4.36. The van der Waals surface area contributed by atoms with Crippen molar-refractivity contribution in [2.45, 2.75) is 38.8 Å². The molecule has 0 spiro atoms. The summed E-state index contributed by atoms with van der Waals surface area (Å²) in [5.74, 6) is 0.556. The number of hydrogen-bond acceptors (Lipinski definition) is 5. The molecule has 2 saturated heterocycles. The van der Waals surface area contributed by atoms with Gasteiger partial charge in [0.1, 0.15) is 0 Å². The fourth-order valence-electron chi connectivity index (χ4n) is 3.18. The number of rotatable bonds is 4. The fourth-order valence-corrected chi connectivity index (χ4v) is 4.15. The lowest BCUT2D eigenvalue weighted by Gasteiger charge is -2.32. The van der Waals surface area contributed by atoms with Crippen molar-refractivity contribution in [3.05, 3.63) is 16.1 Å². The summed E-state index contributed by atoms with van der Waals surface area (Å²) in [6.45, 7) is 12.8. The monoisotopic (exact) mass is 294 g/mol. The van der Waals surface area contributed by atoms with Gasteiger partial charge in [-0.15, -0.1) is 11.3 Å². The minimum absolute atomic E-state index is 0.556. The molecule has 0 bridgehead atoms. The summed E-state index contributed by atoms with van der Waals surface area (Å²) >= 11 is 1.89. The van der Waals surface area contributed by atoms with Crippen molar-refractivity contribution >= 4 is 11.3 Å². The van der Waals surface area contributed by atoms with E-state index in [0.717, 1.165) is 25.7 Å². The molecule has 3 rings (SSSR count). The molecule has 0 amide bonds. The van der Waals surface area contributed by atoms with Crippen molar-refractivity contribution in [2.75, 3.05) is 39.3 Å². The van der Waals surface area contributed by atoms with Gasteiger partial charge < -0.3 is 5.32 Å². The lowest BCUT2D eigenvalue weighted by Crippen LogP contribution is -2.49. The maximum atomic E-state index is 4.54. The van der Waals surface area contributed by atoms with Crippen molar-refractivity contribution in [2.24, 2.45) is 0 Å². The van der Waals surface area contributed by atoms with Crippen LogP contribution in [0.5, 0.6) is 0 Å². The molecule has 112 valence electrons. The van der Waals surface area contributed by atoms with Gasteiger partial charge in [-0.2, -0.15) is 0 Å². The molecule has 1 unspecified atom stereocenters. The molecule has 0 saturated carbocycles. The number of likely N-dealkylation sites (tertiary alicyclic amines) is 1. The van der Waals surface area contributed by atoms with E-state index in [-0.39, 0.29) is 0 Å². The minimum atomic E-state index is 0.556. The standard InChI is InChI=1S/C15H26N4S/c1-12(2)15-17-9-14(20-15)11-18-6-3-13(10-18)19-7-4-16-5-8-19/h9,12-13,16H,3-8,10-11H2,1-2H3. The lowest BCUT2D eigenvalue weighted by molar-refractivity contribution is 0.170. The minimum Gasteiger partial charge on any atom is -0.314 e. The van der Waals surface area contributed by atoms with Crippen molar-refractivity contribution < 1.29 is 0 Å². The molecule has 1 aromatic heterocycles. The maximum absolute atomic E-state index is 4.54. The molecule has 3 heterocycles. The van der Waals surface area contributed by atoms with Gasteiger partial charge in [-0.1, -0.05) is 13.8 Å². The smallest absolute Gasteiger partial charge is 0.0953 e. The Morgan fingerprint density at radius 3 is 2.85 bits per heavy atom. The lowest BCUT2D eigenvalue weighted by atomic mass is 10.2. The maximum Gasteiger partial charge on any atom is 0.0953 e. The molecule has 2 aliphatic rings. The van der Waals surface area contributed by atoms with E-state index in [1.165, 1.54) is 42.5 Å². The predicted molar refractivity (Wildman–Crippen MR) is 84.3 cm³/mol. The second-order valence-electron chi connectivity index (χ2n) is 6.28. The Morgan fingerprint density at radius 1 is 1.35 bits per heavy atom. The molecule has 0 radical (unpaired) electrons. The molecule has 20 heavy (non-hydrogen) atoms. The average Bonchev–Trinajstić information content (AvgIpc) is 3.10. The number of nitrogens with one attached hydrogen (secondary N) is 1. The van der Waals surface area contributed by atoms with Gasteiger partial charge in [0.25, 0.3) is 0 Å². The first-order chi connectivity index (χ1) is 9.72. The Morgan fingerprint density at radius 2 is 2.15 bits per heavy atom. The summed E-state index contributed by atoms with van der Waals surface area (Å²) in [6, 6.07) is 0.773. The van der Waals surface area contributed by atoms with Crippen molar-refractivity contribution in [3.63, 3.8) is 0 Å². The van der Waals surface area contributed by atoms with E-state index in [1.807, 2.05) is 11.3 Å². The van der Waals surface area contributed by atoms with Crippen LogP contribution in [-0.2, 0) is 6.54 Å². The SMILES string of the molecule is CC(C)c1ncc(CN2CCC(N3CCNCC3)C2)s1. The summed E-state index contributed by atoms with van der Waals surface area (Å²) in [4.78, 5) is 11.2. The number of nitrogens with zero attached hydrogens (tertiary/aromatic N) is 3. The van der Waals surface area contributed by atoms with Crippen LogP contribution in [0.2, 0.25) is 0 Å². The highest BCUT2D eigenvalue weighted by Crippen LogP contribution is 2.24. The van der Waals surface area contributed by atoms with Crippen LogP contribution in [0.1, 0.15) is 36.1 Å². The van der Waals surface area contributed by atoms with Gasteiger partial charge >= 0.3 is 0 Å². The third kappa shape index (κ3) is 3.39. The first kappa shape index (κ1) is 14.4. The van der Waals surface area contributed by atoms with E-state index in [1.54, 1.807) is 0 Å². The summed E-state index contributed by atoms with van der Waals surface area (Å²) in [7, 11) is 0. The van der Waals surface area contributed by atoms with E-state index in [2.05, 4.69) is 40.1 Å². The molecule has 0 aromatic carbocycles. The van der Waals surface area contributed by atoms with Gasteiger partial charge in [-0.25, -0.2) is 4.98 Å². The van der Waals surface area contributed by atoms with Crippen LogP contribution in [0.3, 0.4) is 0 Å². The zero-order valence-electron chi connectivity index (χ0n) is 12.6. The van der Waals surface area contributed by atoms with E-state index in [0.29, 0.717) is 5.92 Å². The quantitative estimate of drug-likeness (QED) is 0.917. The van der Waals surface area contributed by atoms with E-state index in [4.69, 9.17) is 0 Å². The molecule has 4 nitrogen and oxygen atoms in total.